The largest absolute Gasteiger partial charge is 0.497 e. The molecule has 6 heteroatoms. The number of anilines is 1. The molecular weight excluding hydrogens is 392 g/mol. The molecule has 0 fully saturated rings. The van der Waals surface area contributed by atoms with Gasteiger partial charge in [0, 0.05) is 16.8 Å². The summed E-state index contributed by atoms with van der Waals surface area (Å²) in [5.74, 6) is 0.510. The fourth-order valence-corrected chi connectivity index (χ4v) is 3.80. The summed E-state index contributed by atoms with van der Waals surface area (Å²) in [4.78, 5) is 30.2. The molecule has 3 aromatic rings. The Morgan fingerprint density at radius 1 is 1.13 bits per heavy atom. The number of methoxy groups -OCH3 is 1. The lowest BCUT2D eigenvalue weighted by molar-refractivity contribution is 0.0988. The number of hydrogen-bond donors (Lipinski definition) is 1. The fourth-order valence-electron chi connectivity index (χ4n) is 3.80. The molecule has 2 aromatic carbocycles. The van der Waals surface area contributed by atoms with E-state index >= 15 is 0 Å². The van der Waals surface area contributed by atoms with Crippen molar-refractivity contribution in [3.63, 3.8) is 0 Å². The van der Waals surface area contributed by atoms with Crippen LogP contribution in [-0.4, -0.2) is 30.1 Å². The number of ketones is 1. The van der Waals surface area contributed by atoms with Crippen molar-refractivity contribution in [3.8, 4) is 5.75 Å². The van der Waals surface area contributed by atoms with Crippen molar-refractivity contribution in [3.05, 3.63) is 83.3 Å². The van der Waals surface area contributed by atoms with Crippen LogP contribution in [0, 0.1) is 0 Å². The van der Waals surface area contributed by atoms with Crippen LogP contribution in [0.3, 0.4) is 0 Å². The summed E-state index contributed by atoms with van der Waals surface area (Å²) < 4.78 is 10.5. The lowest BCUT2D eigenvalue weighted by Crippen LogP contribution is -2.30. The number of amides is 1. The molecular formula is C25H24N2O4. The zero-order chi connectivity index (χ0) is 22.0. The monoisotopic (exact) mass is 416 g/mol. The van der Waals surface area contributed by atoms with E-state index in [0.717, 1.165) is 29.0 Å². The average Bonchev–Trinajstić information content (AvgIpc) is 3.28. The van der Waals surface area contributed by atoms with Crippen LogP contribution in [0.15, 0.2) is 70.3 Å². The summed E-state index contributed by atoms with van der Waals surface area (Å²) in [6, 6.07) is 16.0. The molecule has 4 rings (SSSR count). The maximum absolute atomic E-state index is 13.1. The third kappa shape index (κ3) is 4.58. The maximum Gasteiger partial charge on any atom is 0.291 e. The number of nitrogens with one attached hydrogen (secondary N) is 1. The molecule has 1 aliphatic heterocycles. The van der Waals surface area contributed by atoms with Gasteiger partial charge in [-0.3, -0.25) is 14.6 Å². The predicted octanol–water partition coefficient (Wildman–Crippen LogP) is 4.94. The third-order valence-corrected chi connectivity index (χ3v) is 5.20. The van der Waals surface area contributed by atoms with Crippen molar-refractivity contribution < 1.29 is 18.7 Å². The summed E-state index contributed by atoms with van der Waals surface area (Å²) in [7, 11) is 1.62. The van der Waals surface area contributed by atoms with Crippen LogP contribution in [0.5, 0.6) is 5.75 Å². The normalized spacial score (nSPS) is 14.4. The summed E-state index contributed by atoms with van der Waals surface area (Å²) in [6.07, 6.45) is 2.41. The minimum absolute atomic E-state index is 0.0701. The number of hydrogen-bond acceptors (Lipinski definition) is 5. The number of rotatable bonds is 6. The Morgan fingerprint density at radius 2 is 1.97 bits per heavy atom. The van der Waals surface area contributed by atoms with Crippen molar-refractivity contribution in [2.75, 3.05) is 12.4 Å². The van der Waals surface area contributed by atoms with E-state index in [0.29, 0.717) is 11.3 Å². The molecule has 0 aliphatic carbocycles. The molecule has 0 radical (unpaired) electrons. The van der Waals surface area contributed by atoms with Gasteiger partial charge in [0.25, 0.3) is 5.91 Å². The van der Waals surface area contributed by atoms with Gasteiger partial charge < -0.3 is 14.5 Å². The van der Waals surface area contributed by atoms with Gasteiger partial charge >= 0.3 is 0 Å². The van der Waals surface area contributed by atoms with Gasteiger partial charge in [-0.2, -0.15) is 0 Å². The average molecular weight is 416 g/mol. The van der Waals surface area contributed by atoms with Crippen LogP contribution >= 0.6 is 0 Å². The quantitative estimate of drug-likeness (QED) is 0.577. The number of fused-ring (bicyclic) bond motifs is 1. The van der Waals surface area contributed by atoms with Crippen molar-refractivity contribution >= 4 is 23.1 Å². The molecule has 0 unspecified atom stereocenters. The molecule has 1 amide bonds. The summed E-state index contributed by atoms with van der Waals surface area (Å²) >= 11 is 0. The van der Waals surface area contributed by atoms with Crippen molar-refractivity contribution in [2.24, 2.45) is 4.99 Å². The number of aliphatic imine (C=N–C) groups is 1. The second-order valence-electron chi connectivity index (χ2n) is 8.18. The van der Waals surface area contributed by atoms with Crippen LogP contribution in [0.1, 0.15) is 52.3 Å². The number of carbonyl (C=O) groups excluding carboxylic acids is 2. The van der Waals surface area contributed by atoms with Gasteiger partial charge in [0.05, 0.1) is 31.0 Å². The van der Waals surface area contributed by atoms with E-state index in [1.54, 1.807) is 43.5 Å². The minimum Gasteiger partial charge on any atom is -0.497 e. The molecule has 0 bridgehead atoms. The third-order valence-electron chi connectivity index (χ3n) is 5.20. The summed E-state index contributed by atoms with van der Waals surface area (Å²) in [5, 5.41) is 2.76. The molecule has 0 saturated heterocycles. The Labute approximate surface area is 181 Å². The highest BCUT2D eigenvalue weighted by molar-refractivity contribution is 6.17. The topological polar surface area (TPSA) is 80.9 Å². The smallest absolute Gasteiger partial charge is 0.291 e. The van der Waals surface area contributed by atoms with E-state index in [9.17, 15) is 9.59 Å². The second kappa shape index (κ2) is 8.22. The van der Waals surface area contributed by atoms with Crippen LogP contribution in [0.25, 0.3) is 0 Å². The molecule has 0 saturated carbocycles. The first-order valence-electron chi connectivity index (χ1n) is 10.1. The molecule has 6 nitrogen and oxygen atoms in total. The van der Waals surface area contributed by atoms with Crippen molar-refractivity contribution in [1.29, 1.82) is 0 Å². The van der Waals surface area contributed by atoms with Gasteiger partial charge in [-0.05, 0) is 62.2 Å². The van der Waals surface area contributed by atoms with Crippen molar-refractivity contribution in [2.45, 2.75) is 32.2 Å². The van der Waals surface area contributed by atoms with Gasteiger partial charge in [-0.1, -0.05) is 18.2 Å². The van der Waals surface area contributed by atoms with Crippen LogP contribution < -0.4 is 10.1 Å². The highest BCUT2D eigenvalue weighted by atomic mass is 16.5. The lowest BCUT2D eigenvalue weighted by Gasteiger charge is -2.29. The number of benzene rings is 2. The number of nitrogens with zero attached hydrogens (tertiary/aromatic N) is 1. The molecule has 31 heavy (non-hydrogen) atoms. The maximum atomic E-state index is 13.1. The molecule has 158 valence electrons. The van der Waals surface area contributed by atoms with E-state index in [1.807, 2.05) is 18.2 Å². The van der Waals surface area contributed by atoms with E-state index < -0.39 is 0 Å². The van der Waals surface area contributed by atoms with Crippen LogP contribution in [0.4, 0.5) is 5.69 Å². The Morgan fingerprint density at radius 3 is 2.71 bits per heavy atom. The highest BCUT2D eigenvalue weighted by Crippen LogP contribution is 2.31. The van der Waals surface area contributed by atoms with Crippen LogP contribution in [0.2, 0.25) is 0 Å². The fraction of sp³-hybridized carbons (Fsp3) is 0.240. The highest BCUT2D eigenvalue weighted by Gasteiger charge is 2.28. The Kier molecular flexibility index (Phi) is 5.46. The first kappa shape index (κ1) is 20.6. The van der Waals surface area contributed by atoms with Crippen LogP contribution in [-0.2, 0) is 6.42 Å². The van der Waals surface area contributed by atoms with E-state index in [-0.39, 0.29) is 29.4 Å². The predicted molar refractivity (Wildman–Crippen MR) is 119 cm³/mol. The van der Waals surface area contributed by atoms with Gasteiger partial charge in [-0.15, -0.1) is 0 Å². The number of Topliss-reactive ketones (excluding diaryl/α,β-unsaturated/α-hetero) is 1. The molecule has 1 aliphatic rings. The van der Waals surface area contributed by atoms with Gasteiger partial charge in [0.1, 0.15) is 5.75 Å². The lowest BCUT2D eigenvalue weighted by atomic mass is 9.85. The summed E-state index contributed by atoms with van der Waals surface area (Å²) in [6.45, 7) is 4.13. The molecule has 1 N–H and O–H groups in total. The molecule has 1 aromatic heterocycles. The zero-order valence-electron chi connectivity index (χ0n) is 17.8. The molecule has 0 atom stereocenters. The van der Waals surface area contributed by atoms with Gasteiger partial charge in [0.15, 0.2) is 11.5 Å². The zero-order valence-corrected chi connectivity index (χ0v) is 17.8. The number of carbonyl (C=O) groups is 2. The molecule has 0 spiro atoms. The number of ether oxygens (including phenoxy) is 1. The van der Waals surface area contributed by atoms with E-state index in [1.165, 1.54) is 6.26 Å². The Hall–Kier alpha value is -3.67. The number of furan rings is 1. The SMILES string of the molecule is COc1ccc2c(c1)C(CC(=O)c1cccc(NC(=O)c3ccco3)c1)=NC(C)(C)C2. The first-order chi connectivity index (χ1) is 14.8. The van der Waals surface area contributed by atoms with E-state index in [2.05, 4.69) is 19.2 Å². The Balaban J connectivity index is 1.57. The first-order valence-corrected chi connectivity index (χ1v) is 10.1. The minimum atomic E-state index is -0.367. The standard InChI is InChI=1S/C25H24N2O4/c1-25(2)15-17-9-10-19(30-3)13-20(17)21(27-25)14-22(28)16-6-4-7-18(12-16)26-24(29)23-8-5-11-31-23/h4-13H,14-15H2,1-3H3,(H,26,29). The van der Waals surface area contributed by atoms with Gasteiger partial charge in [-0.25, -0.2) is 0 Å². The van der Waals surface area contributed by atoms with Gasteiger partial charge in [0.2, 0.25) is 0 Å². The molecule has 2 heterocycles. The van der Waals surface area contributed by atoms with Crippen molar-refractivity contribution in [1.82, 2.24) is 0 Å². The summed E-state index contributed by atoms with van der Waals surface area (Å²) in [5.41, 5.74) is 3.61. The van der Waals surface area contributed by atoms with E-state index in [4.69, 9.17) is 14.1 Å². The Bertz CT molecular complexity index is 1160. The second-order valence-corrected chi connectivity index (χ2v) is 8.18.